The molecule has 100 valence electrons. The van der Waals surface area contributed by atoms with Gasteiger partial charge in [-0.1, -0.05) is 38.5 Å². The van der Waals surface area contributed by atoms with E-state index in [2.05, 4.69) is 26.0 Å². The van der Waals surface area contributed by atoms with Crippen molar-refractivity contribution in [2.24, 2.45) is 0 Å². The lowest BCUT2D eigenvalue weighted by atomic mass is 9.94. The summed E-state index contributed by atoms with van der Waals surface area (Å²) in [6.07, 6.45) is 4.90. The first-order chi connectivity index (χ1) is 8.72. The van der Waals surface area contributed by atoms with Crippen molar-refractivity contribution in [1.82, 2.24) is 0 Å². The average molecular weight is 248 g/mol. The molecule has 0 bridgehead atoms. The molecule has 1 aliphatic carbocycles. The molecule has 0 saturated heterocycles. The minimum Gasteiger partial charge on any atom is -0.487 e. The molecular formula is C16H24O2. The van der Waals surface area contributed by atoms with E-state index < -0.39 is 0 Å². The number of hydrogen-bond donors (Lipinski definition) is 1. The highest BCUT2D eigenvalue weighted by molar-refractivity contribution is 5.36. The lowest BCUT2D eigenvalue weighted by molar-refractivity contribution is 0.00625. The van der Waals surface area contributed by atoms with Gasteiger partial charge in [0.05, 0.1) is 6.10 Å². The average Bonchev–Trinajstić information content (AvgIpc) is 2.41. The van der Waals surface area contributed by atoms with Crippen LogP contribution in [0.1, 0.15) is 57.4 Å². The van der Waals surface area contributed by atoms with Gasteiger partial charge in [0.15, 0.2) is 0 Å². The largest absolute Gasteiger partial charge is 0.487 e. The van der Waals surface area contributed by atoms with Gasteiger partial charge >= 0.3 is 0 Å². The van der Waals surface area contributed by atoms with Crippen LogP contribution in [0, 0.1) is 0 Å². The van der Waals surface area contributed by atoms with Crippen LogP contribution < -0.4 is 4.74 Å². The van der Waals surface area contributed by atoms with Crippen LogP contribution in [0.15, 0.2) is 24.3 Å². The van der Waals surface area contributed by atoms with E-state index >= 15 is 0 Å². The van der Waals surface area contributed by atoms with Gasteiger partial charge in [0.25, 0.3) is 0 Å². The van der Waals surface area contributed by atoms with Crippen LogP contribution in [0.3, 0.4) is 0 Å². The van der Waals surface area contributed by atoms with E-state index in [1.165, 1.54) is 5.56 Å². The van der Waals surface area contributed by atoms with Crippen LogP contribution in [-0.2, 0) is 0 Å². The van der Waals surface area contributed by atoms with Crippen LogP contribution in [0.25, 0.3) is 0 Å². The first-order valence-corrected chi connectivity index (χ1v) is 7.16. The van der Waals surface area contributed by atoms with Crippen LogP contribution in [-0.4, -0.2) is 17.3 Å². The monoisotopic (exact) mass is 248 g/mol. The number of aliphatic hydroxyl groups is 1. The van der Waals surface area contributed by atoms with Crippen LogP contribution >= 0.6 is 0 Å². The molecule has 0 aliphatic heterocycles. The molecule has 1 aliphatic rings. The summed E-state index contributed by atoms with van der Waals surface area (Å²) in [5.41, 5.74) is 1.26. The number of hydrogen-bond acceptors (Lipinski definition) is 2. The van der Waals surface area contributed by atoms with Gasteiger partial charge in [-0.15, -0.1) is 0 Å². The van der Waals surface area contributed by atoms with Crippen molar-refractivity contribution < 1.29 is 9.84 Å². The Kier molecular flexibility index (Phi) is 4.65. The molecule has 1 saturated carbocycles. The fourth-order valence-corrected chi connectivity index (χ4v) is 2.59. The van der Waals surface area contributed by atoms with Crippen molar-refractivity contribution in [3.05, 3.63) is 29.8 Å². The summed E-state index contributed by atoms with van der Waals surface area (Å²) >= 11 is 0. The second kappa shape index (κ2) is 6.24. The lowest BCUT2D eigenvalue weighted by Crippen LogP contribution is -2.34. The zero-order chi connectivity index (χ0) is 13.0. The zero-order valence-corrected chi connectivity index (χ0v) is 11.4. The lowest BCUT2D eigenvalue weighted by Gasteiger charge is -2.29. The van der Waals surface area contributed by atoms with Gasteiger partial charge in [0, 0.05) is 0 Å². The number of benzene rings is 1. The molecule has 2 rings (SSSR count). The van der Waals surface area contributed by atoms with Crippen molar-refractivity contribution in [1.29, 1.82) is 0 Å². The van der Waals surface area contributed by atoms with Crippen molar-refractivity contribution >= 4 is 0 Å². The maximum Gasteiger partial charge on any atom is 0.124 e. The molecule has 0 aromatic heterocycles. The molecule has 1 aromatic rings. The summed E-state index contributed by atoms with van der Waals surface area (Å²) in [7, 11) is 0. The number of ether oxygens (including phenoxy) is 1. The summed E-state index contributed by atoms with van der Waals surface area (Å²) in [6, 6.07) is 8.24. The van der Waals surface area contributed by atoms with Crippen LogP contribution in [0.4, 0.5) is 0 Å². The van der Waals surface area contributed by atoms with Gasteiger partial charge in [-0.2, -0.15) is 0 Å². The van der Waals surface area contributed by atoms with E-state index in [0.717, 1.165) is 37.9 Å². The number of aliphatic hydroxyl groups excluding tert-OH is 1. The predicted molar refractivity (Wildman–Crippen MR) is 74.0 cm³/mol. The molecule has 1 fully saturated rings. The second-order valence-corrected chi connectivity index (χ2v) is 5.36. The maximum atomic E-state index is 9.99. The van der Waals surface area contributed by atoms with Gasteiger partial charge in [-0.05, 0) is 43.2 Å². The highest BCUT2D eigenvalue weighted by atomic mass is 16.5. The normalized spacial score (nSPS) is 25.7. The molecule has 1 unspecified atom stereocenters. The molecule has 18 heavy (non-hydrogen) atoms. The Balaban J connectivity index is 2.12. The SMILES string of the molecule is CCC(C)c1ccccc1O[C@H]1CCCC[C@@H]1O. The summed E-state index contributed by atoms with van der Waals surface area (Å²) < 4.78 is 6.07. The van der Waals surface area contributed by atoms with Gasteiger partial charge < -0.3 is 9.84 Å². The third-order valence-electron chi connectivity index (χ3n) is 4.01. The zero-order valence-electron chi connectivity index (χ0n) is 11.4. The standard InChI is InChI=1S/C16H24O2/c1-3-12(2)13-8-4-6-10-15(13)18-16-11-7-5-9-14(16)17/h4,6,8,10,12,14,16-17H,3,5,7,9,11H2,1-2H3/t12?,14-,16-/m0/s1. The fraction of sp³-hybridized carbons (Fsp3) is 0.625. The number of para-hydroxylation sites is 1. The highest BCUT2D eigenvalue weighted by Gasteiger charge is 2.25. The molecule has 2 nitrogen and oxygen atoms in total. The molecule has 0 heterocycles. The van der Waals surface area contributed by atoms with E-state index in [0.29, 0.717) is 5.92 Å². The third-order valence-corrected chi connectivity index (χ3v) is 4.01. The Morgan fingerprint density at radius 1 is 1.28 bits per heavy atom. The topological polar surface area (TPSA) is 29.5 Å². The summed E-state index contributed by atoms with van der Waals surface area (Å²) in [5.74, 6) is 1.46. The van der Waals surface area contributed by atoms with Crippen LogP contribution in [0.5, 0.6) is 5.75 Å². The summed E-state index contributed by atoms with van der Waals surface area (Å²) in [4.78, 5) is 0. The first kappa shape index (κ1) is 13.4. The molecule has 1 N–H and O–H groups in total. The van der Waals surface area contributed by atoms with Crippen molar-refractivity contribution in [3.8, 4) is 5.75 Å². The van der Waals surface area contributed by atoms with Crippen molar-refractivity contribution in [3.63, 3.8) is 0 Å². The van der Waals surface area contributed by atoms with Crippen molar-refractivity contribution in [2.45, 2.75) is 64.1 Å². The van der Waals surface area contributed by atoms with Crippen molar-refractivity contribution in [2.75, 3.05) is 0 Å². The van der Waals surface area contributed by atoms with Gasteiger partial charge in [0.1, 0.15) is 11.9 Å². The molecule has 3 atom stereocenters. The molecular weight excluding hydrogens is 224 g/mol. The summed E-state index contributed by atoms with van der Waals surface area (Å²) in [5, 5.41) is 9.99. The van der Waals surface area contributed by atoms with E-state index in [1.54, 1.807) is 0 Å². The highest BCUT2D eigenvalue weighted by Crippen LogP contribution is 2.31. The fourth-order valence-electron chi connectivity index (χ4n) is 2.59. The quantitative estimate of drug-likeness (QED) is 0.876. The molecule has 0 spiro atoms. The minimum atomic E-state index is -0.302. The van der Waals surface area contributed by atoms with E-state index in [9.17, 15) is 5.11 Å². The molecule has 1 aromatic carbocycles. The van der Waals surface area contributed by atoms with E-state index in [-0.39, 0.29) is 12.2 Å². The van der Waals surface area contributed by atoms with Crippen LogP contribution in [0.2, 0.25) is 0 Å². The predicted octanol–water partition coefficient (Wildman–Crippen LogP) is 3.88. The molecule has 2 heteroatoms. The first-order valence-electron chi connectivity index (χ1n) is 7.16. The Labute approximate surface area is 110 Å². The Morgan fingerprint density at radius 3 is 2.72 bits per heavy atom. The van der Waals surface area contributed by atoms with Gasteiger partial charge in [0.2, 0.25) is 0 Å². The number of rotatable bonds is 4. The van der Waals surface area contributed by atoms with E-state index in [4.69, 9.17) is 4.74 Å². The van der Waals surface area contributed by atoms with Gasteiger partial charge in [-0.3, -0.25) is 0 Å². The Bertz CT molecular complexity index is 375. The Hall–Kier alpha value is -1.02. The molecule has 0 radical (unpaired) electrons. The maximum absolute atomic E-state index is 9.99. The smallest absolute Gasteiger partial charge is 0.124 e. The molecule has 0 amide bonds. The minimum absolute atomic E-state index is 0.0241. The second-order valence-electron chi connectivity index (χ2n) is 5.36. The summed E-state index contributed by atoms with van der Waals surface area (Å²) in [6.45, 7) is 4.41. The van der Waals surface area contributed by atoms with Gasteiger partial charge in [-0.25, -0.2) is 0 Å². The Morgan fingerprint density at radius 2 is 2.00 bits per heavy atom. The van der Waals surface area contributed by atoms with E-state index in [1.807, 2.05) is 12.1 Å². The third kappa shape index (κ3) is 3.05.